The van der Waals surface area contributed by atoms with Crippen LogP contribution in [0.4, 0.5) is 17.1 Å². The number of rotatable bonds is 5. The van der Waals surface area contributed by atoms with Crippen molar-refractivity contribution in [2.75, 3.05) is 4.90 Å². The maximum Gasteiger partial charge on any atom is 0.143 e. The molecule has 12 rings (SSSR count). The molecule has 9 aromatic rings. The van der Waals surface area contributed by atoms with Gasteiger partial charge in [0.15, 0.2) is 0 Å². The Morgan fingerprint density at radius 3 is 1.70 bits per heavy atom. The fraction of sp³-hybridized carbons (Fsp3) is 0.0545. The summed E-state index contributed by atoms with van der Waals surface area (Å²) < 4.78 is 6.81. The highest BCUT2D eigenvalue weighted by molar-refractivity contribution is 6.11. The summed E-state index contributed by atoms with van der Waals surface area (Å²) in [6.07, 6.45) is 5.69. The molecule has 268 valence electrons. The molecule has 2 heteroatoms. The van der Waals surface area contributed by atoms with Crippen molar-refractivity contribution in [1.82, 2.24) is 0 Å². The van der Waals surface area contributed by atoms with Crippen molar-refractivity contribution in [2.24, 2.45) is 5.92 Å². The Balaban J connectivity index is 0.986. The monoisotopic (exact) mass is 727 g/mol. The Hall–Kier alpha value is -7.16. The van der Waals surface area contributed by atoms with Crippen LogP contribution in [0.2, 0.25) is 0 Å². The molecule has 1 atom stereocenters. The summed E-state index contributed by atoms with van der Waals surface area (Å²) in [5.41, 5.74) is 19.5. The number of hydrogen-bond donors (Lipinski definition) is 0. The van der Waals surface area contributed by atoms with E-state index in [4.69, 9.17) is 4.42 Å². The van der Waals surface area contributed by atoms with E-state index >= 15 is 0 Å². The maximum atomic E-state index is 6.81. The Labute approximate surface area is 332 Å². The van der Waals surface area contributed by atoms with Gasteiger partial charge < -0.3 is 9.32 Å². The fourth-order valence-corrected chi connectivity index (χ4v) is 10.4. The highest BCUT2D eigenvalue weighted by Crippen LogP contribution is 2.67. The quantitative estimate of drug-likeness (QED) is 0.175. The minimum Gasteiger partial charge on any atom is -0.455 e. The Bertz CT molecular complexity index is 3030. The van der Waals surface area contributed by atoms with E-state index in [-0.39, 0.29) is 11.3 Å². The summed E-state index contributed by atoms with van der Waals surface area (Å²) in [5.74, 6) is 0.194. The van der Waals surface area contributed by atoms with Crippen molar-refractivity contribution < 1.29 is 4.42 Å². The van der Waals surface area contributed by atoms with Crippen molar-refractivity contribution >= 4 is 50.1 Å². The average molecular weight is 728 g/mol. The van der Waals surface area contributed by atoms with E-state index in [1.54, 1.807) is 0 Å². The SMILES string of the molecule is C1=C(c2ccc(N(c3ccccc3)c3ccc(-c4ccccc4)cc3)cc2)CC2C(=C1)c1c(ccc3c1oc1ccccc13)C21c2ccccc2-c2ccccc21. The zero-order valence-electron chi connectivity index (χ0n) is 31.3. The predicted octanol–water partition coefficient (Wildman–Crippen LogP) is 14.5. The fourth-order valence-electron chi connectivity index (χ4n) is 10.4. The van der Waals surface area contributed by atoms with Crippen molar-refractivity contribution in [3.05, 3.63) is 234 Å². The Morgan fingerprint density at radius 2 is 1.00 bits per heavy atom. The zero-order valence-corrected chi connectivity index (χ0v) is 31.3. The lowest BCUT2D eigenvalue weighted by molar-refractivity contribution is 0.500. The lowest BCUT2D eigenvalue weighted by atomic mass is 9.64. The average Bonchev–Trinajstić information content (AvgIpc) is 3.92. The zero-order chi connectivity index (χ0) is 37.5. The van der Waals surface area contributed by atoms with Gasteiger partial charge in [-0.25, -0.2) is 0 Å². The summed E-state index contributed by atoms with van der Waals surface area (Å²) in [6, 6.07) is 70.7. The first-order chi connectivity index (χ1) is 28.3. The van der Waals surface area contributed by atoms with Crippen molar-refractivity contribution in [2.45, 2.75) is 11.8 Å². The van der Waals surface area contributed by atoms with Crippen molar-refractivity contribution in [3.63, 3.8) is 0 Å². The topological polar surface area (TPSA) is 16.4 Å². The molecule has 57 heavy (non-hydrogen) atoms. The molecule has 0 N–H and O–H groups in total. The summed E-state index contributed by atoms with van der Waals surface area (Å²) in [4.78, 5) is 2.35. The van der Waals surface area contributed by atoms with Crippen molar-refractivity contribution in [1.29, 1.82) is 0 Å². The molecule has 1 unspecified atom stereocenters. The minimum atomic E-state index is -0.336. The third-order valence-corrected chi connectivity index (χ3v) is 12.8. The van der Waals surface area contributed by atoms with Crippen LogP contribution in [-0.2, 0) is 5.41 Å². The van der Waals surface area contributed by atoms with Gasteiger partial charge in [0.2, 0.25) is 0 Å². The number of nitrogens with zero attached hydrogens (tertiary/aromatic N) is 1. The first-order valence-electron chi connectivity index (χ1n) is 19.9. The number of furan rings is 1. The summed E-state index contributed by atoms with van der Waals surface area (Å²) >= 11 is 0. The van der Waals surface area contributed by atoms with E-state index in [0.717, 1.165) is 34.6 Å². The number of fused-ring (bicyclic) bond motifs is 14. The van der Waals surface area contributed by atoms with E-state index in [2.05, 4.69) is 211 Å². The van der Waals surface area contributed by atoms with Gasteiger partial charge in [0, 0.05) is 39.3 Å². The minimum absolute atomic E-state index is 0.194. The first-order valence-corrected chi connectivity index (χ1v) is 19.9. The summed E-state index contributed by atoms with van der Waals surface area (Å²) in [5, 5.41) is 2.35. The number of hydrogen-bond acceptors (Lipinski definition) is 2. The van der Waals surface area contributed by atoms with Gasteiger partial charge in [-0.05, 0) is 105 Å². The molecule has 1 heterocycles. The van der Waals surface area contributed by atoms with Gasteiger partial charge in [0.25, 0.3) is 0 Å². The molecule has 0 saturated carbocycles. The number of anilines is 3. The Morgan fingerprint density at radius 1 is 0.439 bits per heavy atom. The summed E-state index contributed by atoms with van der Waals surface area (Å²) in [6.45, 7) is 0. The molecule has 0 saturated heterocycles. The molecule has 0 bridgehead atoms. The second-order valence-electron chi connectivity index (χ2n) is 15.6. The van der Waals surface area contributed by atoms with Crippen LogP contribution < -0.4 is 4.90 Å². The van der Waals surface area contributed by atoms with Gasteiger partial charge in [-0.1, -0.05) is 164 Å². The highest BCUT2D eigenvalue weighted by Gasteiger charge is 2.57. The molecule has 8 aromatic carbocycles. The Kier molecular flexibility index (Phi) is 7.00. The summed E-state index contributed by atoms with van der Waals surface area (Å²) in [7, 11) is 0. The predicted molar refractivity (Wildman–Crippen MR) is 236 cm³/mol. The maximum absolute atomic E-state index is 6.81. The van der Waals surface area contributed by atoms with Gasteiger partial charge >= 0.3 is 0 Å². The van der Waals surface area contributed by atoms with Crippen molar-refractivity contribution in [3.8, 4) is 22.3 Å². The number of para-hydroxylation sites is 2. The number of allylic oxidation sites excluding steroid dienone is 4. The van der Waals surface area contributed by atoms with Crippen LogP contribution in [0.3, 0.4) is 0 Å². The number of benzene rings is 8. The normalized spacial score (nSPS) is 15.8. The van der Waals surface area contributed by atoms with Crippen LogP contribution in [0, 0.1) is 5.92 Å². The van der Waals surface area contributed by atoms with Crippen LogP contribution in [0.15, 0.2) is 211 Å². The lowest BCUT2D eigenvalue weighted by Gasteiger charge is -2.37. The molecular weight excluding hydrogens is 691 g/mol. The molecule has 0 amide bonds. The van der Waals surface area contributed by atoms with Crippen LogP contribution in [-0.4, -0.2) is 0 Å². The van der Waals surface area contributed by atoms with Gasteiger partial charge in [-0.15, -0.1) is 0 Å². The highest BCUT2D eigenvalue weighted by atomic mass is 16.3. The standard InChI is InChI=1S/C55H37NO/c1-3-13-36(14-4-1)37-23-28-41(29-24-37)56(40-15-5-2-6-16-40)42-30-25-38(26-31-42)39-27-32-47-51(35-39)55(48-20-10-7-17-43(48)44-18-8-11-21-49(44)55)50-34-33-46-45-19-9-12-22-52(45)57-54(46)53(47)50/h1-34,51H,35H2. The van der Waals surface area contributed by atoms with E-state index < -0.39 is 0 Å². The van der Waals surface area contributed by atoms with Crippen LogP contribution in [0.25, 0.3) is 55.3 Å². The van der Waals surface area contributed by atoms with E-state index in [1.165, 1.54) is 72.0 Å². The van der Waals surface area contributed by atoms with Gasteiger partial charge in [-0.3, -0.25) is 0 Å². The van der Waals surface area contributed by atoms with Gasteiger partial charge in [-0.2, -0.15) is 0 Å². The molecule has 3 aliphatic carbocycles. The second-order valence-corrected chi connectivity index (χ2v) is 15.6. The second kappa shape index (κ2) is 12.4. The smallest absolute Gasteiger partial charge is 0.143 e. The third kappa shape index (κ3) is 4.65. The van der Waals surface area contributed by atoms with Crippen LogP contribution >= 0.6 is 0 Å². The van der Waals surface area contributed by atoms with Gasteiger partial charge in [0.05, 0.1) is 5.41 Å². The van der Waals surface area contributed by atoms with E-state index in [1.807, 2.05) is 0 Å². The molecule has 2 nitrogen and oxygen atoms in total. The molecule has 3 aliphatic rings. The van der Waals surface area contributed by atoms with Crippen LogP contribution in [0.5, 0.6) is 0 Å². The largest absolute Gasteiger partial charge is 0.455 e. The van der Waals surface area contributed by atoms with E-state index in [0.29, 0.717) is 0 Å². The van der Waals surface area contributed by atoms with Crippen LogP contribution in [0.1, 0.15) is 34.2 Å². The lowest BCUT2D eigenvalue weighted by Crippen LogP contribution is -2.33. The third-order valence-electron chi connectivity index (χ3n) is 12.8. The molecule has 1 aromatic heterocycles. The van der Waals surface area contributed by atoms with Gasteiger partial charge in [0.1, 0.15) is 11.2 Å². The molecule has 1 spiro atoms. The molecule has 0 fully saturated rings. The molecular formula is C55H37NO. The molecule has 0 aliphatic heterocycles. The van der Waals surface area contributed by atoms with E-state index in [9.17, 15) is 0 Å². The molecule has 0 radical (unpaired) electrons. The first kappa shape index (κ1) is 32.1.